The zero-order valence-corrected chi connectivity index (χ0v) is 16.5. The molecule has 0 atom stereocenters. The number of nitrogens with one attached hydrogen (secondary N) is 3. The molecular weight excluding hydrogens is 372 g/mol. The molecule has 0 aliphatic heterocycles. The van der Waals surface area contributed by atoms with Crippen LogP contribution in [0.25, 0.3) is 22.3 Å². The van der Waals surface area contributed by atoms with E-state index in [1.807, 2.05) is 24.4 Å². The summed E-state index contributed by atoms with van der Waals surface area (Å²) in [6.07, 6.45) is 12.5. The lowest BCUT2D eigenvalue weighted by molar-refractivity contribution is 0.260. The Balaban J connectivity index is 1.28. The van der Waals surface area contributed by atoms with E-state index >= 15 is 0 Å². The third kappa shape index (κ3) is 3.71. The van der Waals surface area contributed by atoms with Crippen LogP contribution in [0.4, 0.5) is 5.95 Å². The standard InChI is InChI=1S/C21H25ClN6/c22-19-11-18(17-12-24-20-16(17)5-2-10-23-20)27-21(28-19)26-15-8-6-14(7-9-15)25-13-3-1-4-13/h2,5,10-15,25H,1,3-4,6-9H2,(H,23,24)(H,26,27,28)/t14-,15-. The molecule has 28 heavy (non-hydrogen) atoms. The fourth-order valence-corrected chi connectivity index (χ4v) is 4.47. The highest BCUT2D eigenvalue weighted by atomic mass is 35.5. The molecule has 7 heteroatoms. The van der Waals surface area contributed by atoms with E-state index in [0.29, 0.717) is 23.2 Å². The second kappa shape index (κ2) is 7.68. The van der Waals surface area contributed by atoms with Gasteiger partial charge in [-0.1, -0.05) is 18.0 Å². The van der Waals surface area contributed by atoms with E-state index in [-0.39, 0.29) is 0 Å². The van der Waals surface area contributed by atoms with Gasteiger partial charge < -0.3 is 15.6 Å². The van der Waals surface area contributed by atoms with E-state index in [1.54, 1.807) is 6.20 Å². The van der Waals surface area contributed by atoms with Crippen LogP contribution < -0.4 is 10.6 Å². The van der Waals surface area contributed by atoms with Gasteiger partial charge in [-0.05, 0) is 50.7 Å². The number of nitrogens with zero attached hydrogens (tertiary/aromatic N) is 3. The molecule has 0 radical (unpaired) electrons. The quantitative estimate of drug-likeness (QED) is 0.552. The number of halogens is 1. The Morgan fingerprint density at radius 2 is 1.79 bits per heavy atom. The van der Waals surface area contributed by atoms with Gasteiger partial charge in [0.05, 0.1) is 5.69 Å². The van der Waals surface area contributed by atoms with Gasteiger partial charge in [-0.3, -0.25) is 0 Å². The van der Waals surface area contributed by atoms with E-state index in [4.69, 9.17) is 16.6 Å². The summed E-state index contributed by atoms with van der Waals surface area (Å²) < 4.78 is 0. The molecule has 0 saturated heterocycles. The van der Waals surface area contributed by atoms with Gasteiger partial charge >= 0.3 is 0 Å². The van der Waals surface area contributed by atoms with Crippen molar-refractivity contribution in [1.29, 1.82) is 0 Å². The van der Waals surface area contributed by atoms with Gasteiger partial charge in [-0.2, -0.15) is 0 Å². The van der Waals surface area contributed by atoms with Crippen LogP contribution in [0.5, 0.6) is 0 Å². The predicted octanol–water partition coefficient (Wildman–Crippen LogP) is 4.54. The van der Waals surface area contributed by atoms with Crippen LogP contribution >= 0.6 is 11.6 Å². The van der Waals surface area contributed by atoms with Gasteiger partial charge in [0.25, 0.3) is 0 Å². The molecule has 6 nitrogen and oxygen atoms in total. The van der Waals surface area contributed by atoms with Crippen molar-refractivity contribution in [3.05, 3.63) is 35.7 Å². The van der Waals surface area contributed by atoms with Gasteiger partial charge in [-0.25, -0.2) is 15.0 Å². The lowest BCUT2D eigenvalue weighted by Crippen LogP contribution is -2.45. The van der Waals surface area contributed by atoms with Crippen molar-refractivity contribution in [3.8, 4) is 11.3 Å². The zero-order chi connectivity index (χ0) is 18.9. The summed E-state index contributed by atoms with van der Waals surface area (Å²) in [5, 5.41) is 8.80. The highest BCUT2D eigenvalue weighted by molar-refractivity contribution is 6.29. The van der Waals surface area contributed by atoms with E-state index < -0.39 is 0 Å². The Morgan fingerprint density at radius 3 is 2.57 bits per heavy atom. The Bertz CT molecular complexity index is 958. The number of anilines is 1. The predicted molar refractivity (Wildman–Crippen MR) is 113 cm³/mol. The van der Waals surface area contributed by atoms with Crippen molar-refractivity contribution in [3.63, 3.8) is 0 Å². The minimum Gasteiger partial charge on any atom is -0.351 e. The molecule has 0 amide bonds. The first-order valence-electron chi connectivity index (χ1n) is 10.2. The van der Waals surface area contributed by atoms with Gasteiger partial charge in [-0.15, -0.1) is 0 Å². The van der Waals surface area contributed by atoms with E-state index in [0.717, 1.165) is 41.2 Å². The Kier molecular flexibility index (Phi) is 4.91. The molecule has 3 heterocycles. The van der Waals surface area contributed by atoms with Crippen LogP contribution in [0.2, 0.25) is 5.15 Å². The molecular formula is C21H25ClN6. The maximum atomic E-state index is 6.31. The lowest BCUT2D eigenvalue weighted by Gasteiger charge is -2.35. The van der Waals surface area contributed by atoms with Gasteiger partial charge in [0.2, 0.25) is 5.95 Å². The molecule has 0 spiro atoms. The number of H-pyrrole nitrogens is 1. The van der Waals surface area contributed by atoms with Crippen molar-refractivity contribution < 1.29 is 0 Å². The number of fused-ring (bicyclic) bond motifs is 1. The first-order valence-corrected chi connectivity index (χ1v) is 10.6. The second-order valence-electron chi connectivity index (χ2n) is 7.99. The normalized spacial score (nSPS) is 22.9. The first kappa shape index (κ1) is 17.9. The van der Waals surface area contributed by atoms with Crippen molar-refractivity contribution in [2.75, 3.05) is 5.32 Å². The highest BCUT2D eigenvalue weighted by Crippen LogP contribution is 2.29. The smallest absolute Gasteiger partial charge is 0.224 e. The highest BCUT2D eigenvalue weighted by Gasteiger charge is 2.26. The third-order valence-corrected chi connectivity index (χ3v) is 6.25. The fourth-order valence-electron chi connectivity index (χ4n) is 4.28. The number of hydrogen-bond donors (Lipinski definition) is 3. The maximum Gasteiger partial charge on any atom is 0.224 e. The van der Waals surface area contributed by atoms with Crippen LogP contribution in [0.1, 0.15) is 44.9 Å². The summed E-state index contributed by atoms with van der Waals surface area (Å²) in [5.74, 6) is 0.608. The summed E-state index contributed by atoms with van der Waals surface area (Å²) in [7, 11) is 0. The molecule has 3 aromatic rings. The summed E-state index contributed by atoms with van der Waals surface area (Å²) >= 11 is 6.31. The summed E-state index contributed by atoms with van der Waals surface area (Å²) in [5.41, 5.74) is 2.64. The van der Waals surface area contributed by atoms with Crippen molar-refractivity contribution in [2.45, 2.75) is 63.1 Å². The molecule has 2 saturated carbocycles. The largest absolute Gasteiger partial charge is 0.351 e. The molecule has 0 bridgehead atoms. The third-order valence-electron chi connectivity index (χ3n) is 6.06. The van der Waals surface area contributed by atoms with Crippen LogP contribution in [0, 0.1) is 0 Å². The van der Waals surface area contributed by atoms with Gasteiger partial charge in [0.15, 0.2) is 0 Å². The maximum absolute atomic E-state index is 6.31. The van der Waals surface area contributed by atoms with Gasteiger partial charge in [0, 0.05) is 47.5 Å². The number of aromatic amines is 1. The fraction of sp³-hybridized carbons (Fsp3) is 0.476. The van der Waals surface area contributed by atoms with E-state index in [9.17, 15) is 0 Å². The molecule has 2 fully saturated rings. The van der Waals surface area contributed by atoms with Crippen molar-refractivity contribution in [1.82, 2.24) is 25.3 Å². The Morgan fingerprint density at radius 1 is 1.00 bits per heavy atom. The number of aromatic nitrogens is 4. The zero-order valence-electron chi connectivity index (χ0n) is 15.8. The number of pyridine rings is 1. The van der Waals surface area contributed by atoms with E-state index in [1.165, 1.54) is 32.1 Å². The summed E-state index contributed by atoms with van der Waals surface area (Å²) in [4.78, 5) is 16.7. The van der Waals surface area contributed by atoms with E-state index in [2.05, 4.69) is 25.6 Å². The summed E-state index contributed by atoms with van der Waals surface area (Å²) in [6, 6.07) is 7.60. The van der Waals surface area contributed by atoms with Gasteiger partial charge in [0.1, 0.15) is 10.8 Å². The Labute approximate surface area is 169 Å². The van der Waals surface area contributed by atoms with Crippen LogP contribution in [0.3, 0.4) is 0 Å². The lowest BCUT2D eigenvalue weighted by atomic mass is 9.87. The number of hydrogen-bond acceptors (Lipinski definition) is 5. The minimum atomic E-state index is 0.399. The average molecular weight is 397 g/mol. The molecule has 3 N–H and O–H groups in total. The summed E-state index contributed by atoms with van der Waals surface area (Å²) in [6.45, 7) is 0. The molecule has 3 aromatic heterocycles. The Hall–Kier alpha value is -2.18. The van der Waals surface area contributed by atoms with Crippen LogP contribution in [-0.4, -0.2) is 38.1 Å². The SMILES string of the molecule is Clc1cc(-c2c[nH]c3ncccc23)nc(N[C@H]2CC[C@H](NC3CCC3)CC2)n1. The molecule has 2 aliphatic carbocycles. The van der Waals surface area contributed by atoms with Crippen molar-refractivity contribution >= 4 is 28.6 Å². The molecule has 2 aliphatic rings. The minimum absolute atomic E-state index is 0.399. The average Bonchev–Trinajstić information content (AvgIpc) is 3.10. The monoisotopic (exact) mass is 396 g/mol. The molecule has 146 valence electrons. The van der Waals surface area contributed by atoms with Crippen LogP contribution in [-0.2, 0) is 0 Å². The first-order chi connectivity index (χ1) is 13.7. The molecule has 0 aromatic carbocycles. The topological polar surface area (TPSA) is 78.5 Å². The molecule has 0 unspecified atom stereocenters. The second-order valence-corrected chi connectivity index (χ2v) is 8.38. The van der Waals surface area contributed by atoms with Crippen molar-refractivity contribution in [2.24, 2.45) is 0 Å². The number of rotatable bonds is 5. The van der Waals surface area contributed by atoms with Crippen LogP contribution in [0.15, 0.2) is 30.6 Å². The molecule has 5 rings (SSSR count).